The molecule has 206 valence electrons. The molecule has 0 unspecified atom stereocenters. The zero-order valence-corrected chi connectivity index (χ0v) is 22.5. The lowest BCUT2D eigenvalue weighted by Crippen LogP contribution is -2.33. The average Bonchev–Trinajstić information content (AvgIpc) is 3.48. The minimum absolute atomic E-state index is 0.00778. The van der Waals surface area contributed by atoms with Crippen LogP contribution in [0.15, 0.2) is 67.5 Å². The largest absolute Gasteiger partial charge is 0.457 e. The summed E-state index contributed by atoms with van der Waals surface area (Å²) in [5, 5.41) is 7.13. The number of benzene rings is 1. The summed E-state index contributed by atoms with van der Waals surface area (Å²) in [6.45, 7) is 4.68. The van der Waals surface area contributed by atoms with Gasteiger partial charge in [0.1, 0.15) is 35.2 Å². The number of nitrogens with one attached hydrogen (secondary N) is 1. The first-order chi connectivity index (χ1) is 20.0. The van der Waals surface area contributed by atoms with Crippen molar-refractivity contribution in [3.05, 3.63) is 84.7 Å². The topological polar surface area (TPSA) is 123 Å². The molecule has 6 rings (SSSR count). The van der Waals surface area contributed by atoms with Crippen LogP contribution in [-0.2, 0) is 4.79 Å². The van der Waals surface area contributed by atoms with Gasteiger partial charge in [-0.3, -0.25) is 4.79 Å². The smallest absolute Gasteiger partial charge is 0.246 e. The van der Waals surface area contributed by atoms with E-state index < -0.39 is 5.82 Å². The van der Waals surface area contributed by atoms with Crippen molar-refractivity contribution in [2.75, 3.05) is 18.4 Å². The van der Waals surface area contributed by atoms with Crippen LogP contribution in [0.5, 0.6) is 11.5 Å². The second-order valence-electron chi connectivity index (χ2n) is 9.43. The lowest BCUT2D eigenvalue weighted by molar-refractivity contribution is -0.125. The van der Waals surface area contributed by atoms with E-state index >= 15 is 4.39 Å². The second kappa shape index (κ2) is 11.1. The number of hydrogen-bond acceptors (Lipinski definition) is 9. The summed E-state index contributed by atoms with van der Waals surface area (Å²) in [5.74, 6) is 1.27. The van der Waals surface area contributed by atoms with Gasteiger partial charge in [-0.25, -0.2) is 33.8 Å². The molecule has 5 aromatic rings. The Morgan fingerprint density at radius 3 is 2.90 bits per heavy atom. The van der Waals surface area contributed by atoms with Gasteiger partial charge in [-0.2, -0.15) is 5.10 Å². The molecule has 12 heteroatoms. The standard InChI is InChI=1S/C29H26FN9O2/c1-3-4-5-25(40)38-11-8-19(9-12-38)28-31-15-22-27(37-28)29(34-16-32-22)36-21-6-7-23(18(2)26(21)30)41-20-10-13-39-24(14-20)33-17-35-39/h4-8,10,13-17H,3,9,11-12H2,1-2H3,(H,32,34,36)/b5-4+. The molecule has 41 heavy (non-hydrogen) atoms. The number of pyridine rings is 1. The third-order valence-electron chi connectivity index (χ3n) is 6.75. The average molecular weight is 552 g/mol. The van der Waals surface area contributed by atoms with Crippen molar-refractivity contribution < 1.29 is 13.9 Å². The number of aromatic nitrogens is 7. The number of ether oxygens (including phenoxy) is 1. The normalized spacial score (nSPS) is 13.6. The molecular weight excluding hydrogens is 525 g/mol. The van der Waals surface area contributed by atoms with Crippen LogP contribution in [0.2, 0.25) is 0 Å². The minimum Gasteiger partial charge on any atom is -0.457 e. The Bertz CT molecular complexity index is 1830. The maximum absolute atomic E-state index is 15.5. The number of amides is 1. The summed E-state index contributed by atoms with van der Waals surface area (Å²) in [7, 11) is 0. The van der Waals surface area contributed by atoms with Gasteiger partial charge in [0.15, 0.2) is 23.1 Å². The Kier molecular flexibility index (Phi) is 7.02. The van der Waals surface area contributed by atoms with Crippen LogP contribution < -0.4 is 10.1 Å². The summed E-state index contributed by atoms with van der Waals surface area (Å²) >= 11 is 0. The molecule has 0 atom stereocenters. The van der Waals surface area contributed by atoms with Gasteiger partial charge >= 0.3 is 0 Å². The predicted octanol–water partition coefficient (Wildman–Crippen LogP) is 5.03. The quantitative estimate of drug-likeness (QED) is 0.278. The number of carbonyl (C=O) groups is 1. The van der Waals surface area contributed by atoms with Gasteiger partial charge in [-0.1, -0.05) is 19.1 Å². The van der Waals surface area contributed by atoms with Crippen molar-refractivity contribution in [3.8, 4) is 11.5 Å². The lowest BCUT2D eigenvalue weighted by Gasteiger charge is -2.25. The predicted molar refractivity (Wildman–Crippen MR) is 151 cm³/mol. The Labute approximate surface area is 234 Å². The first kappa shape index (κ1) is 26.0. The van der Waals surface area contributed by atoms with Crippen LogP contribution in [0.25, 0.3) is 22.3 Å². The summed E-state index contributed by atoms with van der Waals surface area (Å²) in [6, 6.07) is 6.73. The SMILES string of the molecule is CC/C=C/C(=O)N1CC=C(c2ncc3ncnc(Nc4ccc(Oc5ccn6ncnc6c5)c(C)c4F)c3n2)CC1. The Morgan fingerprint density at radius 1 is 1.17 bits per heavy atom. The number of nitrogens with zero attached hydrogens (tertiary/aromatic N) is 8. The number of hydrogen-bond donors (Lipinski definition) is 1. The van der Waals surface area contributed by atoms with Gasteiger partial charge in [-0.05, 0) is 49.6 Å². The number of carbonyl (C=O) groups excluding carboxylic acids is 1. The van der Waals surface area contributed by atoms with Gasteiger partial charge in [0, 0.05) is 30.9 Å². The molecule has 1 amide bonds. The second-order valence-corrected chi connectivity index (χ2v) is 9.43. The fourth-order valence-corrected chi connectivity index (χ4v) is 4.49. The van der Waals surface area contributed by atoms with Crippen LogP contribution in [0.1, 0.15) is 31.2 Å². The summed E-state index contributed by atoms with van der Waals surface area (Å²) in [6.07, 6.45) is 13.0. The summed E-state index contributed by atoms with van der Waals surface area (Å²) in [5.41, 5.74) is 3.07. The van der Waals surface area contributed by atoms with Gasteiger partial charge < -0.3 is 15.0 Å². The van der Waals surface area contributed by atoms with Crippen molar-refractivity contribution in [1.82, 2.24) is 39.4 Å². The maximum atomic E-state index is 15.5. The van der Waals surface area contributed by atoms with E-state index in [1.54, 1.807) is 59.1 Å². The van der Waals surface area contributed by atoms with Crippen LogP contribution >= 0.6 is 0 Å². The van der Waals surface area contributed by atoms with Crippen LogP contribution in [-0.4, -0.2) is 58.4 Å². The van der Waals surface area contributed by atoms with Crippen LogP contribution in [0.3, 0.4) is 0 Å². The van der Waals surface area contributed by atoms with Crippen molar-refractivity contribution >= 4 is 39.7 Å². The molecule has 4 aromatic heterocycles. The molecule has 0 saturated carbocycles. The molecule has 11 nitrogen and oxygen atoms in total. The first-order valence-electron chi connectivity index (χ1n) is 13.2. The molecule has 0 saturated heterocycles. The van der Waals surface area contributed by atoms with Crippen molar-refractivity contribution in [2.24, 2.45) is 0 Å². The molecule has 0 bridgehead atoms. The zero-order chi connectivity index (χ0) is 28.3. The van der Waals surface area contributed by atoms with Crippen LogP contribution in [0, 0.1) is 12.7 Å². The molecule has 0 radical (unpaired) electrons. The summed E-state index contributed by atoms with van der Waals surface area (Å²) in [4.78, 5) is 36.0. The van der Waals surface area contributed by atoms with Gasteiger partial charge in [0.2, 0.25) is 5.91 Å². The molecule has 0 aliphatic carbocycles. The number of halogens is 1. The number of allylic oxidation sites excluding steroid dienone is 1. The van der Waals surface area contributed by atoms with Gasteiger partial charge in [-0.15, -0.1) is 0 Å². The molecule has 1 N–H and O–H groups in total. The van der Waals surface area contributed by atoms with E-state index in [1.807, 2.05) is 19.1 Å². The molecule has 0 fully saturated rings. The zero-order valence-electron chi connectivity index (χ0n) is 22.5. The van der Waals surface area contributed by atoms with Crippen molar-refractivity contribution in [3.63, 3.8) is 0 Å². The highest BCUT2D eigenvalue weighted by Crippen LogP contribution is 2.33. The highest BCUT2D eigenvalue weighted by Gasteiger charge is 2.19. The minimum atomic E-state index is -0.482. The Balaban J connectivity index is 1.24. The number of fused-ring (bicyclic) bond motifs is 2. The third kappa shape index (κ3) is 5.31. The van der Waals surface area contributed by atoms with Gasteiger partial charge in [0.05, 0.1) is 11.9 Å². The van der Waals surface area contributed by atoms with Gasteiger partial charge in [0.25, 0.3) is 0 Å². The Hall–Kier alpha value is -5.26. The highest BCUT2D eigenvalue weighted by atomic mass is 19.1. The molecule has 5 heterocycles. The lowest BCUT2D eigenvalue weighted by atomic mass is 10.1. The van der Waals surface area contributed by atoms with Crippen molar-refractivity contribution in [2.45, 2.75) is 26.7 Å². The molecule has 1 aliphatic heterocycles. The van der Waals surface area contributed by atoms with E-state index in [4.69, 9.17) is 9.72 Å². The van der Waals surface area contributed by atoms with Crippen molar-refractivity contribution in [1.29, 1.82) is 0 Å². The van der Waals surface area contributed by atoms with E-state index in [2.05, 4.69) is 30.4 Å². The number of rotatable bonds is 7. The fraction of sp³-hybridized carbons (Fsp3) is 0.207. The van der Waals surface area contributed by atoms with E-state index in [9.17, 15) is 4.79 Å². The fourth-order valence-electron chi connectivity index (χ4n) is 4.49. The molecule has 1 aliphatic rings. The van der Waals surface area contributed by atoms with Crippen LogP contribution in [0.4, 0.5) is 15.9 Å². The third-order valence-corrected chi connectivity index (χ3v) is 6.75. The molecule has 0 spiro atoms. The van der Waals surface area contributed by atoms with E-state index in [0.717, 1.165) is 12.0 Å². The maximum Gasteiger partial charge on any atom is 0.246 e. The van der Waals surface area contributed by atoms with E-state index in [1.165, 1.54) is 12.7 Å². The molecule has 1 aromatic carbocycles. The molecular formula is C29H26FN9O2. The summed E-state index contributed by atoms with van der Waals surface area (Å²) < 4.78 is 23.1. The van der Waals surface area contributed by atoms with E-state index in [-0.39, 0.29) is 11.6 Å². The highest BCUT2D eigenvalue weighted by molar-refractivity contribution is 5.89. The Morgan fingerprint density at radius 2 is 2.07 bits per heavy atom. The first-order valence-corrected chi connectivity index (χ1v) is 13.2. The monoisotopic (exact) mass is 551 g/mol. The number of anilines is 2. The van der Waals surface area contributed by atoms with E-state index in [0.29, 0.717) is 64.9 Å².